The van der Waals surface area contributed by atoms with Crippen LogP contribution in [0.1, 0.15) is 11.1 Å². The van der Waals surface area contributed by atoms with E-state index in [1.165, 1.54) is 12.7 Å². The van der Waals surface area contributed by atoms with Crippen molar-refractivity contribution >= 4 is 10.0 Å². The standard InChI is InChI=1S/C17H22N2O3S/c1-22-12-11-19-23(20,21)17-9-7-16(8-10-17)14-18-13-15-5-3-2-4-6-15/h2-10,18-19H,11-14H2,1H3. The van der Waals surface area contributed by atoms with Gasteiger partial charge >= 0.3 is 0 Å². The van der Waals surface area contributed by atoms with E-state index in [1.807, 2.05) is 30.3 Å². The Bertz CT molecular complexity index is 686. The Morgan fingerprint density at radius 1 is 0.913 bits per heavy atom. The molecule has 0 aliphatic rings. The number of benzene rings is 2. The van der Waals surface area contributed by atoms with Crippen molar-refractivity contribution in [3.63, 3.8) is 0 Å². The second-order valence-electron chi connectivity index (χ2n) is 5.12. The largest absolute Gasteiger partial charge is 0.383 e. The van der Waals surface area contributed by atoms with Crippen molar-refractivity contribution in [3.8, 4) is 0 Å². The van der Waals surface area contributed by atoms with E-state index in [4.69, 9.17) is 4.74 Å². The summed E-state index contributed by atoms with van der Waals surface area (Å²) in [5, 5.41) is 3.34. The first-order valence-corrected chi connectivity index (χ1v) is 8.92. The average Bonchev–Trinajstić information content (AvgIpc) is 2.56. The van der Waals surface area contributed by atoms with E-state index >= 15 is 0 Å². The second kappa shape index (κ2) is 8.79. The summed E-state index contributed by atoms with van der Waals surface area (Å²) in [5.74, 6) is 0. The van der Waals surface area contributed by atoms with Gasteiger partial charge in [0.25, 0.3) is 0 Å². The summed E-state index contributed by atoms with van der Waals surface area (Å²) in [7, 11) is -1.93. The highest BCUT2D eigenvalue weighted by Crippen LogP contribution is 2.10. The molecule has 0 radical (unpaired) electrons. The van der Waals surface area contributed by atoms with Crippen LogP contribution in [0.4, 0.5) is 0 Å². The number of hydrogen-bond donors (Lipinski definition) is 2. The molecule has 0 aliphatic heterocycles. The Hall–Kier alpha value is -1.73. The third-order valence-corrected chi connectivity index (χ3v) is 4.81. The highest BCUT2D eigenvalue weighted by Gasteiger charge is 2.12. The number of hydrogen-bond acceptors (Lipinski definition) is 4. The summed E-state index contributed by atoms with van der Waals surface area (Å²) in [6, 6.07) is 17.0. The van der Waals surface area contributed by atoms with E-state index in [0.29, 0.717) is 13.2 Å². The van der Waals surface area contributed by atoms with Crippen LogP contribution >= 0.6 is 0 Å². The second-order valence-corrected chi connectivity index (χ2v) is 6.89. The van der Waals surface area contributed by atoms with Gasteiger partial charge in [0.2, 0.25) is 10.0 Å². The molecule has 0 saturated carbocycles. The zero-order chi connectivity index (χ0) is 16.5. The van der Waals surface area contributed by atoms with E-state index in [1.54, 1.807) is 12.1 Å². The molecule has 0 fully saturated rings. The van der Waals surface area contributed by atoms with Gasteiger partial charge in [0.15, 0.2) is 0 Å². The van der Waals surface area contributed by atoms with E-state index in [9.17, 15) is 8.42 Å². The number of rotatable bonds is 9. The molecule has 23 heavy (non-hydrogen) atoms. The molecule has 0 saturated heterocycles. The van der Waals surface area contributed by atoms with Gasteiger partial charge in [-0.15, -0.1) is 0 Å². The number of ether oxygens (including phenoxy) is 1. The Morgan fingerprint density at radius 2 is 1.52 bits per heavy atom. The summed E-state index contributed by atoms with van der Waals surface area (Å²) in [6.45, 7) is 2.08. The van der Waals surface area contributed by atoms with E-state index in [-0.39, 0.29) is 11.4 Å². The molecule has 0 bridgehead atoms. The zero-order valence-corrected chi connectivity index (χ0v) is 14.0. The molecule has 0 atom stereocenters. The first-order chi connectivity index (χ1) is 11.1. The minimum Gasteiger partial charge on any atom is -0.383 e. The Morgan fingerprint density at radius 3 is 2.13 bits per heavy atom. The molecule has 124 valence electrons. The van der Waals surface area contributed by atoms with Gasteiger partial charge in [-0.05, 0) is 23.3 Å². The topological polar surface area (TPSA) is 67.4 Å². The fourth-order valence-corrected chi connectivity index (χ4v) is 3.11. The molecule has 2 N–H and O–H groups in total. The molecular weight excluding hydrogens is 312 g/mol. The molecule has 2 aromatic rings. The van der Waals surface area contributed by atoms with Crippen LogP contribution in [0.5, 0.6) is 0 Å². The van der Waals surface area contributed by atoms with Gasteiger partial charge in [-0.25, -0.2) is 13.1 Å². The summed E-state index contributed by atoms with van der Waals surface area (Å²) < 4.78 is 31.4. The number of methoxy groups -OCH3 is 1. The third-order valence-electron chi connectivity index (χ3n) is 3.33. The van der Waals surface area contributed by atoms with Crippen molar-refractivity contribution in [1.82, 2.24) is 10.0 Å². The Balaban J connectivity index is 1.86. The lowest BCUT2D eigenvalue weighted by molar-refractivity contribution is 0.204. The molecular formula is C17H22N2O3S. The molecule has 0 spiro atoms. The quantitative estimate of drug-likeness (QED) is 0.687. The fraction of sp³-hybridized carbons (Fsp3) is 0.294. The molecule has 2 rings (SSSR count). The van der Waals surface area contributed by atoms with Crippen LogP contribution in [0.25, 0.3) is 0 Å². The highest BCUT2D eigenvalue weighted by atomic mass is 32.2. The van der Waals surface area contributed by atoms with Gasteiger partial charge in [-0.1, -0.05) is 42.5 Å². The molecule has 0 aliphatic carbocycles. The van der Waals surface area contributed by atoms with Crippen LogP contribution in [0.2, 0.25) is 0 Å². The van der Waals surface area contributed by atoms with Crippen LogP contribution in [0.15, 0.2) is 59.5 Å². The molecule has 5 nitrogen and oxygen atoms in total. The van der Waals surface area contributed by atoms with E-state index < -0.39 is 10.0 Å². The SMILES string of the molecule is COCCNS(=O)(=O)c1ccc(CNCc2ccccc2)cc1. The van der Waals surface area contributed by atoms with Crippen molar-refractivity contribution < 1.29 is 13.2 Å². The van der Waals surface area contributed by atoms with Crippen molar-refractivity contribution in [2.75, 3.05) is 20.3 Å². The van der Waals surface area contributed by atoms with Crippen LogP contribution in [0.3, 0.4) is 0 Å². The van der Waals surface area contributed by atoms with Crippen molar-refractivity contribution in [1.29, 1.82) is 0 Å². The van der Waals surface area contributed by atoms with Gasteiger partial charge in [0.05, 0.1) is 11.5 Å². The first-order valence-electron chi connectivity index (χ1n) is 7.44. The van der Waals surface area contributed by atoms with Crippen LogP contribution in [-0.4, -0.2) is 28.7 Å². The minimum atomic E-state index is -3.46. The number of nitrogens with one attached hydrogen (secondary N) is 2. The maximum atomic E-state index is 12.0. The zero-order valence-electron chi connectivity index (χ0n) is 13.2. The average molecular weight is 334 g/mol. The van der Waals surface area contributed by atoms with Crippen molar-refractivity contribution in [3.05, 3.63) is 65.7 Å². The van der Waals surface area contributed by atoms with Crippen LogP contribution in [-0.2, 0) is 27.8 Å². The highest BCUT2D eigenvalue weighted by molar-refractivity contribution is 7.89. The molecule has 0 heterocycles. The van der Waals surface area contributed by atoms with E-state index in [0.717, 1.165) is 12.1 Å². The summed E-state index contributed by atoms with van der Waals surface area (Å²) in [4.78, 5) is 0.264. The first kappa shape index (κ1) is 17.6. The lowest BCUT2D eigenvalue weighted by atomic mass is 10.2. The summed E-state index contributed by atoms with van der Waals surface area (Å²) in [5.41, 5.74) is 2.26. The maximum absolute atomic E-state index is 12.0. The molecule has 0 aromatic heterocycles. The van der Waals surface area contributed by atoms with Crippen LogP contribution in [0, 0.1) is 0 Å². The minimum absolute atomic E-state index is 0.263. The third kappa shape index (κ3) is 5.76. The van der Waals surface area contributed by atoms with Gasteiger partial charge in [0.1, 0.15) is 0 Å². The number of sulfonamides is 1. The lowest BCUT2D eigenvalue weighted by Crippen LogP contribution is -2.27. The molecule has 2 aromatic carbocycles. The normalized spacial score (nSPS) is 11.5. The maximum Gasteiger partial charge on any atom is 0.240 e. The monoisotopic (exact) mass is 334 g/mol. The van der Waals surface area contributed by atoms with Gasteiger partial charge in [-0.3, -0.25) is 0 Å². The molecule has 0 amide bonds. The van der Waals surface area contributed by atoms with Crippen molar-refractivity contribution in [2.45, 2.75) is 18.0 Å². The smallest absolute Gasteiger partial charge is 0.240 e. The van der Waals surface area contributed by atoms with Gasteiger partial charge in [-0.2, -0.15) is 0 Å². The summed E-state index contributed by atoms with van der Waals surface area (Å²) in [6.07, 6.45) is 0. The molecule has 0 unspecified atom stereocenters. The lowest BCUT2D eigenvalue weighted by Gasteiger charge is -2.08. The van der Waals surface area contributed by atoms with Gasteiger partial charge < -0.3 is 10.1 Å². The predicted octanol–water partition coefficient (Wildman–Crippen LogP) is 1.90. The molecule has 6 heteroatoms. The predicted molar refractivity (Wildman–Crippen MR) is 90.5 cm³/mol. The van der Waals surface area contributed by atoms with Crippen molar-refractivity contribution in [2.24, 2.45) is 0 Å². The Kier molecular flexibility index (Phi) is 6.73. The summed E-state index contributed by atoms with van der Waals surface area (Å²) >= 11 is 0. The van der Waals surface area contributed by atoms with Crippen LogP contribution < -0.4 is 10.0 Å². The van der Waals surface area contributed by atoms with Gasteiger partial charge in [0, 0.05) is 26.7 Å². The fourth-order valence-electron chi connectivity index (χ4n) is 2.09. The Labute approximate surface area is 137 Å². The van der Waals surface area contributed by atoms with E-state index in [2.05, 4.69) is 22.2 Å².